The molecular formula is C27H21ClFN3O5. The Hall–Kier alpha value is -4.50. The van der Waals surface area contributed by atoms with Crippen molar-refractivity contribution in [2.75, 3.05) is 22.1 Å². The quantitative estimate of drug-likeness (QED) is 0.316. The minimum atomic E-state index is -0.717. The summed E-state index contributed by atoms with van der Waals surface area (Å²) in [6, 6.07) is 17.3. The predicted octanol–water partition coefficient (Wildman–Crippen LogP) is 5.08. The molecule has 1 aliphatic rings. The molecule has 0 saturated heterocycles. The van der Waals surface area contributed by atoms with Gasteiger partial charge in [0.15, 0.2) is 0 Å². The second-order valence-corrected chi connectivity index (χ2v) is 8.36. The van der Waals surface area contributed by atoms with Crippen molar-refractivity contribution in [3.63, 3.8) is 0 Å². The van der Waals surface area contributed by atoms with E-state index >= 15 is 0 Å². The Balaban J connectivity index is 1.43. The molecule has 188 valence electrons. The number of amides is 3. The number of carbonyl (C=O) groups excluding carboxylic acids is 4. The number of ether oxygens (including phenoxy) is 1. The third-order valence-corrected chi connectivity index (χ3v) is 5.69. The number of halogens is 2. The number of esters is 1. The lowest BCUT2D eigenvalue weighted by Gasteiger charge is -2.15. The van der Waals surface area contributed by atoms with Gasteiger partial charge >= 0.3 is 5.97 Å². The van der Waals surface area contributed by atoms with Crippen LogP contribution in [0, 0.1) is 5.82 Å². The molecule has 3 amide bonds. The molecule has 0 saturated carbocycles. The van der Waals surface area contributed by atoms with Crippen LogP contribution in [0.3, 0.4) is 0 Å². The Labute approximate surface area is 216 Å². The zero-order chi connectivity index (χ0) is 26.5. The zero-order valence-corrected chi connectivity index (χ0v) is 20.3. The molecule has 0 bridgehead atoms. The zero-order valence-electron chi connectivity index (χ0n) is 19.6. The van der Waals surface area contributed by atoms with Gasteiger partial charge in [0.2, 0.25) is 0 Å². The van der Waals surface area contributed by atoms with Gasteiger partial charge in [0.25, 0.3) is 17.7 Å². The van der Waals surface area contributed by atoms with Crippen LogP contribution in [0.5, 0.6) is 0 Å². The van der Waals surface area contributed by atoms with Crippen LogP contribution in [0.2, 0.25) is 0 Å². The lowest BCUT2D eigenvalue weighted by Crippen LogP contribution is -2.32. The number of benzene rings is 3. The minimum absolute atomic E-state index is 0.124. The molecule has 37 heavy (non-hydrogen) atoms. The van der Waals surface area contributed by atoms with E-state index in [1.165, 1.54) is 60.7 Å². The van der Waals surface area contributed by atoms with E-state index in [4.69, 9.17) is 16.3 Å². The fourth-order valence-electron chi connectivity index (χ4n) is 3.46. The van der Waals surface area contributed by atoms with E-state index in [1.54, 1.807) is 12.1 Å². The molecule has 8 nitrogen and oxygen atoms in total. The first kappa shape index (κ1) is 25.6. The Bertz CT molecular complexity index is 1390. The summed E-state index contributed by atoms with van der Waals surface area (Å²) < 4.78 is 18.1. The highest BCUT2D eigenvalue weighted by molar-refractivity contribution is 6.53. The maximum absolute atomic E-state index is 13.0. The Morgan fingerprint density at radius 1 is 0.865 bits per heavy atom. The fourth-order valence-corrected chi connectivity index (χ4v) is 3.67. The lowest BCUT2D eigenvalue weighted by atomic mass is 10.2. The van der Waals surface area contributed by atoms with Gasteiger partial charge in [-0.2, -0.15) is 0 Å². The Morgan fingerprint density at radius 3 is 2.08 bits per heavy atom. The van der Waals surface area contributed by atoms with Gasteiger partial charge in [0.1, 0.15) is 16.5 Å². The number of hydrogen-bond acceptors (Lipinski definition) is 6. The van der Waals surface area contributed by atoms with Crippen molar-refractivity contribution in [3.05, 3.63) is 100 Å². The second-order valence-electron chi connectivity index (χ2n) is 7.98. The highest BCUT2D eigenvalue weighted by Crippen LogP contribution is 2.30. The molecule has 0 aromatic heterocycles. The standard InChI is InChI=1S/C27H21ClFN3O5/c1-2-15-37-27(36)17-5-13-21(14-6-17)32-25(34)22(28)23(26(32)35)30-19-9-3-16(4-10-19)24(33)31-20-11-7-18(29)8-12-20/h3-14,30H,2,15H2,1H3,(H,31,33). The molecular weight excluding hydrogens is 501 g/mol. The van der Waals surface area contributed by atoms with Gasteiger partial charge in [-0.05, 0) is 79.2 Å². The molecule has 3 aromatic rings. The molecule has 1 aliphatic heterocycles. The van der Waals surface area contributed by atoms with Gasteiger partial charge < -0.3 is 15.4 Å². The smallest absolute Gasteiger partial charge is 0.338 e. The van der Waals surface area contributed by atoms with Gasteiger partial charge in [-0.3, -0.25) is 14.4 Å². The number of anilines is 3. The molecule has 0 fully saturated rings. The van der Waals surface area contributed by atoms with Gasteiger partial charge in [0, 0.05) is 16.9 Å². The topological polar surface area (TPSA) is 105 Å². The van der Waals surface area contributed by atoms with Crippen LogP contribution < -0.4 is 15.5 Å². The molecule has 3 aromatic carbocycles. The summed E-state index contributed by atoms with van der Waals surface area (Å²) in [4.78, 5) is 51.1. The first-order chi connectivity index (χ1) is 17.8. The van der Waals surface area contributed by atoms with Gasteiger partial charge in [-0.15, -0.1) is 0 Å². The van der Waals surface area contributed by atoms with E-state index in [0.29, 0.717) is 23.4 Å². The van der Waals surface area contributed by atoms with Crippen LogP contribution in [0.4, 0.5) is 21.5 Å². The molecule has 10 heteroatoms. The van der Waals surface area contributed by atoms with Crippen molar-refractivity contribution in [2.45, 2.75) is 13.3 Å². The molecule has 2 N–H and O–H groups in total. The second kappa shape index (κ2) is 11.0. The highest BCUT2D eigenvalue weighted by Gasteiger charge is 2.39. The highest BCUT2D eigenvalue weighted by atomic mass is 35.5. The normalized spacial score (nSPS) is 13.1. The van der Waals surface area contributed by atoms with Gasteiger partial charge in [-0.25, -0.2) is 14.1 Å². The molecule has 0 atom stereocenters. The Kier molecular flexibility index (Phi) is 7.64. The monoisotopic (exact) mass is 521 g/mol. The van der Waals surface area contributed by atoms with E-state index < -0.39 is 29.5 Å². The van der Waals surface area contributed by atoms with Crippen LogP contribution in [0.15, 0.2) is 83.5 Å². The van der Waals surface area contributed by atoms with Crippen molar-refractivity contribution < 1.29 is 28.3 Å². The van der Waals surface area contributed by atoms with E-state index in [-0.39, 0.29) is 28.6 Å². The fraction of sp³-hybridized carbons (Fsp3) is 0.111. The molecule has 0 spiro atoms. The van der Waals surface area contributed by atoms with Crippen molar-refractivity contribution in [3.8, 4) is 0 Å². The molecule has 1 heterocycles. The number of hydrogen-bond donors (Lipinski definition) is 2. The Morgan fingerprint density at radius 2 is 1.46 bits per heavy atom. The number of carbonyl (C=O) groups is 4. The lowest BCUT2D eigenvalue weighted by molar-refractivity contribution is -0.120. The van der Waals surface area contributed by atoms with Crippen LogP contribution in [-0.2, 0) is 14.3 Å². The van der Waals surface area contributed by atoms with E-state index in [1.807, 2.05) is 6.92 Å². The van der Waals surface area contributed by atoms with Crippen molar-refractivity contribution >= 4 is 52.4 Å². The van der Waals surface area contributed by atoms with Crippen molar-refractivity contribution in [1.29, 1.82) is 0 Å². The first-order valence-electron chi connectivity index (χ1n) is 11.3. The van der Waals surface area contributed by atoms with E-state index in [0.717, 1.165) is 4.90 Å². The summed E-state index contributed by atoms with van der Waals surface area (Å²) in [7, 11) is 0. The SMILES string of the molecule is CCCOC(=O)c1ccc(N2C(=O)C(Cl)=C(Nc3ccc(C(=O)Nc4ccc(F)cc4)cc3)C2=O)cc1. The largest absolute Gasteiger partial charge is 0.462 e. The minimum Gasteiger partial charge on any atom is -0.462 e. The number of nitrogens with one attached hydrogen (secondary N) is 2. The summed E-state index contributed by atoms with van der Waals surface area (Å²) >= 11 is 6.18. The molecule has 4 rings (SSSR count). The van der Waals surface area contributed by atoms with Crippen LogP contribution >= 0.6 is 11.6 Å². The van der Waals surface area contributed by atoms with Gasteiger partial charge in [0.05, 0.1) is 17.9 Å². The number of rotatable bonds is 8. The third kappa shape index (κ3) is 5.68. The molecule has 0 aliphatic carbocycles. The maximum Gasteiger partial charge on any atom is 0.338 e. The average molecular weight is 522 g/mol. The third-order valence-electron chi connectivity index (χ3n) is 5.34. The molecule has 0 unspecified atom stereocenters. The molecule has 0 radical (unpaired) electrons. The maximum atomic E-state index is 13.0. The summed E-state index contributed by atoms with van der Waals surface area (Å²) in [5, 5.41) is 5.19. The summed E-state index contributed by atoms with van der Waals surface area (Å²) in [6.45, 7) is 2.17. The van der Waals surface area contributed by atoms with Crippen LogP contribution in [0.25, 0.3) is 0 Å². The van der Waals surface area contributed by atoms with Crippen molar-refractivity contribution in [2.24, 2.45) is 0 Å². The number of nitrogens with zero attached hydrogens (tertiary/aromatic N) is 1. The van der Waals surface area contributed by atoms with Crippen LogP contribution in [0.1, 0.15) is 34.1 Å². The first-order valence-corrected chi connectivity index (χ1v) is 11.7. The van der Waals surface area contributed by atoms with Crippen molar-refractivity contribution in [1.82, 2.24) is 0 Å². The van der Waals surface area contributed by atoms with E-state index in [2.05, 4.69) is 10.6 Å². The predicted molar refractivity (Wildman–Crippen MR) is 137 cm³/mol. The van der Waals surface area contributed by atoms with Gasteiger partial charge in [-0.1, -0.05) is 18.5 Å². The van der Waals surface area contributed by atoms with E-state index in [9.17, 15) is 23.6 Å². The number of imide groups is 1. The average Bonchev–Trinajstić information content (AvgIpc) is 3.12. The summed E-state index contributed by atoms with van der Waals surface area (Å²) in [5.74, 6) is -2.71. The summed E-state index contributed by atoms with van der Waals surface area (Å²) in [6.07, 6.45) is 0.687. The van der Waals surface area contributed by atoms with Crippen LogP contribution in [-0.4, -0.2) is 30.3 Å². The summed E-state index contributed by atoms with van der Waals surface area (Å²) in [5.41, 5.74) is 1.58.